The lowest BCUT2D eigenvalue weighted by atomic mass is 9.95. The fourth-order valence-corrected chi connectivity index (χ4v) is 6.20. The Bertz CT molecular complexity index is 1640. The average Bonchev–Trinajstić information content (AvgIpc) is 3.56. The number of thiazole rings is 1. The zero-order valence-corrected chi connectivity index (χ0v) is 24.5. The molecule has 0 aliphatic carbocycles. The van der Waals surface area contributed by atoms with Crippen LogP contribution in [0.25, 0.3) is 6.08 Å². The molecule has 216 valence electrons. The van der Waals surface area contributed by atoms with Crippen LogP contribution in [0.3, 0.4) is 0 Å². The van der Waals surface area contributed by atoms with Crippen molar-refractivity contribution >= 4 is 29.3 Å². The molecule has 0 bridgehead atoms. The second-order valence-electron chi connectivity index (χ2n) is 9.76. The van der Waals surface area contributed by atoms with E-state index in [0.717, 1.165) is 31.8 Å². The van der Waals surface area contributed by atoms with Crippen LogP contribution in [0.2, 0.25) is 0 Å². The molecule has 0 spiro atoms. The van der Waals surface area contributed by atoms with Gasteiger partial charge in [-0.3, -0.25) is 9.36 Å². The minimum atomic E-state index is -0.763. The summed E-state index contributed by atoms with van der Waals surface area (Å²) in [6.07, 6.45) is 6.92. The Hall–Kier alpha value is -4.05. The minimum absolute atomic E-state index is 0.198. The first kappa shape index (κ1) is 28.5. The summed E-state index contributed by atoms with van der Waals surface area (Å²) in [6, 6.07) is 8.48. The molecule has 2 aliphatic heterocycles. The molecule has 1 aromatic carbocycles. The highest BCUT2D eigenvalue weighted by molar-refractivity contribution is 7.07. The molecule has 5 rings (SSSR count). The SMILES string of the molecule is C=CCOc1ccc([C@@H]2C(C(=O)OCC)=C(C)N=c3s/c(=C/c4ccc(N5CCCCC5)o4)c(=O)n32)cc1OCC. The van der Waals surface area contributed by atoms with Gasteiger partial charge in [0.2, 0.25) is 0 Å². The number of fused-ring (bicyclic) bond motifs is 1. The smallest absolute Gasteiger partial charge is 0.338 e. The van der Waals surface area contributed by atoms with Crippen molar-refractivity contribution in [1.82, 2.24) is 4.57 Å². The fraction of sp³-hybridized carbons (Fsp3) is 0.387. The van der Waals surface area contributed by atoms with Gasteiger partial charge in [0, 0.05) is 25.2 Å². The van der Waals surface area contributed by atoms with Crippen molar-refractivity contribution in [2.75, 3.05) is 37.8 Å². The molecule has 10 heteroatoms. The maximum absolute atomic E-state index is 14.0. The van der Waals surface area contributed by atoms with Crippen LogP contribution in [0.4, 0.5) is 5.88 Å². The third-order valence-electron chi connectivity index (χ3n) is 7.01. The van der Waals surface area contributed by atoms with E-state index in [1.807, 2.05) is 25.1 Å². The summed E-state index contributed by atoms with van der Waals surface area (Å²) in [5.74, 6) is 1.94. The number of furan rings is 1. The van der Waals surface area contributed by atoms with E-state index in [2.05, 4.69) is 16.5 Å². The summed E-state index contributed by atoms with van der Waals surface area (Å²) < 4.78 is 25.2. The predicted molar refractivity (Wildman–Crippen MR) is 158 cm³/mol. The molecule has 1 saturated heterocycles. The van der Waals surface area contributed by atoms with Gasteiger partial charge in [0.1, 0.15) is 12.4 Å². The Labute approximate surface area is 242 Å². The van der Waals surface area contributed by atoms with Gasteiger partial charge >= 0.3 is 5.97 Å². The zero-order valence-electron chi connectivity index (χ0n) is 23.7. The molecule has 2 aliphatic rings. The zero-order chi connectivity index (χ0) is 28.9. The number of ether oxygens (including phenoxy) is 3. The van der Waals surface area contributed by atoms with Crippen LogP contribution in [0.5, 0.6) is 11.5 Å². The van der Waals surface area contributed by atoms with Crippen LogP contribution in [-0.4, -0.2) is 43.4 Å². The Balaban J connectivity index is 1.61. The van der Waals surface area contributed by atoms with Crippen LogP contribution in [-0.2, 0) is 9.53 Å². The largest absolute Gasteiger partial charge is 0.490 e. The molecule has 0 radical (unpaired) electrons. The summed E-state index contributed by atoms with van der Waals surface area (Å²) in [5.41, 5.74) is 1.21. The van der Waals surface area contributed by atoms with E-state index >= 15 is 0 Å². The first-order valence-electron chi connectivity index (χ1n) is 14.0. The molecule has 4 heterocycles. The Kier molecular flexibility index (Phi) is 8.78. The van der Waals surface area contributed by atoms with E-state index in [0.29, 0.717) is 56.6 Å². The lowest BCUT2D eigenvalue weighted by Gasteiger charge is -2.25. The molecule has 2 aromatic heterocycles. The molecule has 0 amide bonds. The third-order valence-corrected chi connectivity index (χ3v) is 7.99. The van der Waals surface area contributed by atoms with Crippen LogP contribution in [0.15, 0.2) is 68.5 Å². The summed E-state index contributed by atoms with van der Waals surface area (Å²) in [7, 11) is 0. The van der Waals surface area contributed by atoms with Gasteiger partial charge in [-0.05, 0) is 63.8 Å². The first-order valence-corrected chi connectivity index (χ1v) is 14.8. The van der Waals surface area contributed by atoms with Gasteiger partial charge < -0.3 is 23.5 Å². The topological polar surface area (TPSA) is 95.5 Å². The molecule has 0 saturated carbocycles. The molecular weight excluding hydrogens is 542 g/mol. The third kappa shape index (κ3) is 5.88. The number of hydrogen-bond acceptors (Lipinski definition) is 9. The van der Waals surface area contributed by atoms with Crippen molar-refractivity contribution < 1.29 is 23.4 Å². The lowest BCUT2D eigenvalue weighted by molar-refractivity contribution is -0.139. The highest BCUT2D eigenvalue weighted by atomic mass is 32.1. The second kappa shape index (κ2) is 12.6. The molecule has 1 atom stereocenters. The number of esters is 1. The molecule has 1 fully saturated rings. The Morgan fingerprint density at radius 3 is 2.66 bits per heavy atom. The first-order chi connectivity index (χ1) is 19.9. The summed E-state index contributed by atoms with van der Waals surface area (Å²) in [6.45, 7) is 12.0. The normalized spacial score (nSPS) is 17.2. The monoisotopic (exact) mass is 577 g/mol. The number of anilines is 1. The second-order valence-corrected chi connectivity index (χ2v) is 10.8. The van der Waals surface area contributed by atoms with Gasteiger partial charge in [0.15, 0.2) is 22.2 Å². The number of allylic oxidation sites excluding steroid dienone is 1. The van der Waals surface area contributed by atoms with Gasteiger partial charge in [-0.2, -0.15) is 0 Å². The maximum atomic E-state index is 14.0. The summed E-state index contributed by atoms with van der Waals surface area (Å²) >= 11 is 1.26. The molecule has 0 unspecified atom stereocenters. The number of nitrogens with zero attached hydrogens (tertiary/aromatic N) is 3. The Morgan fingerprint density at radius 2 is 1.93 bits per heavy atom. The fourth-order valence-electron chi connectivity index (χ4n) is 5.17. The predicted octanol–water partition coefficient (Wildman–Crippen LogP) is 4.35. The van der Waals surface area contributed by atoms with Crippen LogP contribution in [0, 0.1) is 0 Å². The van der Waals surface area contributed by atoms with Crippen molar-refractivity contribution in [3.63, 3.8) is 0 Å². The van der Waals surface area contributed by atoms with Gasteiger partial charge in [0.05, 0.1) is 35.1 Å². The van der Waals surface area contributed by atoms with E-state index in [-0.39, 0.29) is 12.2 Å². The molecule has 3 aromatic rings. The standard InChI is InChI=1S/C31H35N3O6S/c1-5-17-39-23-13-11-21(18-24(23)37-6-2)28-27(30(36)38-7-3)20(4)32-31-34(28)29(35)25(41-31)19-22-12-14-26(40-22)33-15-9-8-10-16-33/h5,11-14,18-19,28H,1,6-10,15-17H2,2-4H3/b25-19+/t28-/m1/s1. The summed E-state index contributed by atoms with van der Waals surface area (Å²) in [5, 5.41) is 0. The van der Waals surface area contributed by atoms with Gasteiger partial charge in [-0.1, -0.05) is 30.1 Å². The molecular formula is C31H35N3O6S. The van der Waals surface area contributed by atoms with Gasteiger partial charge in [-0.15, -0.1) is 0 Å². The van der Waals surface area contributed by atoms with Crippen LogP contribution < -0.4 is 29.3 Å². The molecule has 41 heavy (non-hydrogen) atoms. The quantitative estimate of drug-likeness (QED) is 0.261. The minimum Gasteiger partial charge on any atom is -0.490 e. The molecule has 0 N–H and O–H groups in total. The highest BCUT2D eigenvalue weighted by Gasteiger charge is 2.34. The van der Waals surface area contributed by atoms with Crippen molar-refractivity contribution in [2.45, 2.75) is 46.1 Å². The van der Waals surface area contributed by atoms with Crippen LogP contribution >= 0.6 is 11.3 Å². The highest BCUT2D eigenvalue weighted by Crippen LogP contribution is 2.36. The number of benzene rings is 1. The maximum Gasteiger partial charge on any atom is 0.338 e. The molecule has 9 nitrogen and oxygen atoms in total. The number of piperidine rings is 1. The number of rotatable bonds is 10. The number of hydrogen-bond donors (Lipinski definition) is 0. The number of carbonyl (C=O) groups excluding carboxylic acids is 1. The van der Waals surface area contributed by atoms with E-state index < -0.39 is 12.0 Å². The summed E-state index contributed by atoms with van der Waals surface area (Å²) in [4.78, 5) is 34.6. The van der Waals surface area contributed by atoms with Gasteiger partial charge in [0.25, 0.3) is 5.56 Å². The average molecular weight is 578 g/mol. The number of aromatic nitrogens is 1. The van der Waals surface area contributed by atoms with E-state index in [1.165, 1.54) is 17.8 Å². The number of carbonyl (C=O) groups is 1. The Morgan fingerprint density at radius 1 is 1.12 bits per heavy atom. The van der Waals surface area contributed by atoms with Crippen molar-refractivity contribution in [2.24, 2.45) is 4.99 Å². The van der Waals surface area contributed by atoms with Crippen molar-refractivity contribution in [3.05, 3.63) is 85.3 Å². The van der Waals surface area contributed by atoms with Gasteiger partial charge in [-0.25, -0.2) is 9.79 Å². The van der Waals surface area contributed by atoms with E-state index in [4.69, 9.17) is 18.6 Å². The lowest BCUT2D eigenvalue weighted by Crippen LogP contribution is -2.40. The van der Waals surface area contributed by atoms with Crippen molar-refractivity contribution in [1.29, 1.82) is 0 Å². The van der Waals surface area contributed by atoms with E-state index in [1.54, 1.807) is 42.7 Å². The van der Waals surface area contributed by atoms with E-state index in [9.17, 15) is 9.59 Å². The van der Waals surface area contributed by atoms with Crippen molar-refractivity contribution in [3.8, 4) is 11.5 Å². The van der Waals surface area contributed by atoms with Crippen LogP contribution in [0.1, 0.15) is 57.4 Å².